The third-order valence-corrected chi connectivity index (χ3v) is 5.10. The summed E-state index contributed by atoms with van der Waals surface area (Å²) in [5.74, 6) is 0.931. The highest BCUT2D eigenvalue weighted by molar-refractivity contribution is 5.77. The van der Waals surface area contributed by atoms with Gasteiger partial charge in [-0.15, -0.1) is 0 Å². The number of rotatable bonds is 5. The predicted molar refractivity (Wildman–Crippen MR) is 96.2 cm³/mol. The number of benzene rings is 1. The fraction of sp³-hybridized carbons (Fsp3) is 0.350. The summed E-state index contributed by atoms with van der Waals surface area (Å²) >= 11 is 0. The van der Waals surface area contributed by atoms with Crippen LogP contribution in [0.4, 0.5) is 4.39 Å². The summed E-state index contributed by atoms with van der Waals surface area (Å²) in [6.45, 7) is 2.90. The Morgan fingerprint density at radius 1 is 1.41 bits per heavy atom. The lowest BCUT2D eigenvalue weighted by Crippen LogP contribution is -2.44. The fourth-order valence-electron chi connectivity index (χ4n) is 3.69. The van der Waals surface area contributed by atoms with Gasteiger partial charge in [0.25, 0.3) is 0 Å². The molecular formula is C20H21FN4O2. The SMILES string of the molecule is CC1(c2ncc(Cc3cccc(F)c3)o2)CCCN1C(=O)Cn1ccnc1. The Morgan fingerprint density at radius 3 is 3.07 bits per heavy atom. The second-order valence-electron chi connectivity index (χ2n) is 7.10. The van der Waals surface area contributed by atoms with Crippen LogP contribution in [0.3, 0.4) is 0 Å². The average molecular weight is 368 g/mol. The summed E-state index contributed by atoms with van der Waals surface area (Å²) in [5, 5.41) is 0. The lowest BCUT2D eigenvalue weighted by molar-refractivity contribution is -0.136. The smallest absolute Gasteiger partial charge is 0.243 e. The standard InChI is InChI=1S/C20H21FN4O2/c1-20(6-3-8-25(20)18(26)13-24-9-7-22-14-24)19-23-12-17(27-19)11-15-4-2-5-16(21)10-15/h2,4-5,7,9-10,12,14H,3,6,8,11,13H2,1H3. The first kappa shape index (κ1) is 17.5. The monoisotopic (exact) mass is 368 g/mol. The summed E-state index contributed by atoms with van der Waals surface area (Å²) in [5.41, 5.74) is 0.250. The van der Waals surface area contributed by atoms with E-state index < -0.39 is 5.54 Å². The van der Waals surface area contributed by atoms with E-state index in [1.807, 2.05) is 17.9 Å². The molecule has 3 heterocycles. The molecule has 0 radical (unpaired) electrons. The normalized spacial score (nSPS) is 19.6. The molecule has 6 nitrogen and oxygen atoms in total. The van der Waals surface area contributed by atoms with Gasteiger partial charge in [0.2, 0.25) is 11.8 Å². The first-order valence-corrected chi connectivity index (χ1v) is 9.00. The van der Waals surface area contributed by atoms with Gasteiger partial charge in [0.1, 0.15) is 23.7 Å². The highest BCUT2D eigenvalue weighted by Crippen LogP contribution is 2.38. The second-order valence-corrected chi connectivity index (χ2v) is 7.10. The Bertz CT molecular complexity index is 937. The van der Waals surface area contributed by atoms with Gasteiger partial charge in [-0.3, -0.25) is 4.79 Å². The first-order valence-electron chi connectivity index (χ1n) is 9.00. The summed E-state index contributed by atoms with van der Waals surface area (Å²) in [7, 11) is 0. The van der Waals surface area contributed by atoms with Crippen LogP contribution in [0.5, 0.6) is 0 Å². The zero-order chi connectivity index (χ0) is 18.9. The minimum Gasteiger partial charge on any atom is -0.443 e. The van der Waals surface area contributed by atoms with Gasteiger partial charge in [-0.2, -0.15) is 0 Å². The van der Waals surface area contributed by atoms with Crippen LogP contribution in [0.25, 0.3) is 0 Å². The Labute approximate surface area is 156 Å². The molecule has 0 saturated carbocycles. The number of carbonyl (C=O) groups excluding carboxylic acids is 1. The number of carbonyl (C=O) groups is 1. The highest BCUT2D eigenvalue weighted by atomic mass is 19.1. The van der Waals surface area contributed by atoms with Crippen molar-refractivity contribution in [2.75, 3.05) is 6.54 Å². The van der Waals surface area contributed by atoms with Crippen molar-refractivity contribution in [3.8, 4) is 0 Å². The summed E-state index contributed by atoms with van der Waals surface area (Å²) in [6, 6.07) is 6.43. The molecule has 2 aromatic heterocycles. The van der Waals surface area contributed by atoms with Crippen molar-refractivity contribution >= 4 is 5.91 Å². The van der Waals surface area contributed by atoms with E-state index in [1.54, 1.807) is 35.6 Å². The van der Waals surface area contributed by atoms with E-state index in [9.17, 15) is 9.18 Å². The van der Waals surface area contributed by atoms with Gasteiger partial charge in [-0.25, -0.2) is 14.4 Å². The maximum atomic E-state index is 13.4. The van der Waals surface area contributed by atoms with Crippen LogP contribution in [0, 0.1) is 5.82 Å². The van der Waals surface area contributed by atoms with Crippen molar-refractivity contribution in [1.29, 1.82) is 0 Å². The first-order chi connectivity index (χ1) is 13.0. The van der Waals surface area contributed by atoms with Crippen LogP contribution in [0.1, 0.15) is 37.0 Å². The van der Waals surface area contributed by atoms with Gasteiger partial charge >= 0.3 is 0 Å². The van der Waals surface area contributed by atoms with Gasteiger partial charge in [-0.05, 0) is 37.5 Å². The summed E-state index contributed by atoms with van der Waals surface area (Å²) in [6.07, 6.45) is 8.88. The molecule has 7 heteroatoms. The number of hydrogen-bond acceptors (Lipinski definition) is 4. The molecule has 1 fully saturated rings. The Kier molecular flexibility index (Phi) is 4.51. The number of oxazole rings is 1. The van der Waals surface area contributed by atoms with Gasteiger partial charge in [0.15, 0.2) is 0 Å². The molecule has 0 bridgehead atoms. The molecule has 1 aromatic carbocycles. The summed E-state index contributed by atoms with van der Waals surface area (Å²) in [4.78, 5) is 23.1. The van der Waals surface area contributed by atoms with Crippen LogP contribution in [-0.4, -0.2) is 31.9 Å². The Hall–Kier alpha value is -2.96. The third-order valence-electron chi connectivity index (χ3n) is 5.10. The molecule has 140 valence electrons. The van der Waals surface area contributed by atoms with E-state index in [1.165, 1.54) is 12.1 Å². The number of aromatic nitrogens is 3. The van der Waals surface area contributed by atoms with Crippen LogP contribution in [-0.2, 0) is 23.3 Å². The van der Waals surface area contributed by atoms with E-state index in [2.05, 4.69) is 9.97 Å². The molecule has 1 aliphatic heterocycles. The van der Waals surface area contributed by atoms with Crippen molar-refractivity contribution in [3.05, 3.63) is 72.2 Å². The Balaban J connectivity index is 1.52. The number of likely N-dealkylation sites (tertiary alicyclic amines) is 1. The molecule has 1 atom stereocenters. The minimum absolute atomic E-state index is 0.0119. The number of nitrogens with zero attached hydrogens (tertiary/aromatic N) is 4. The topological polar surface area (TPSA) is 64.2 Å². The number of imidazole rings is 1. The van der Waals surface area contributed by atoms with Crippen LogP contribution in [0.2, 0.25) is 0 Å². The van der Waals surface area contributed by atoms with Crippen molar-refractivity contribution in [2.45, 2.75) is 38.3 Å². The van der Waals surface area contributed by atoms with Gasteiger partial charge in [-0.1, -0.05) is 12.1 Å². The van der Waals surface area contributed by atoms with Crippen molar-refractivity contribution < 1.29 is 13.6 Å². The van der Waals surface area contributed by atoms with Crippen molar-refractivity contribution in [2.24, 2.45) is 0 Å². The highest BCUT2D eigenvalue weighted by Gasteiger charge is 2.44. The maximum absolute atomic E-state index is 13.4. The number of amides is 1. The molecule has 27 heavy (non-hydrogen) atoms. The van der Waals surface area contributed by atoms with E-state index in [-0.39, 0.29) is 18.3 Å². The van der Waals surface area contributed by atoms with Crippen LogP contribution >= 0.6 is 0 Å². The lowest BCUT2D eigenvalue weighted by Gasteiger charge is -2.32. The van der Waals surface area contributed by atoms with Gasteiger partial charge < -0.3 is 13.9 Å². The maximum Gasteiger partial charge on any atom is 0.243 e. The molecule has 0 N–H and O–H groups in total. The lowest BCUT2D eigenvalue weighted by atomic mass is 9.99. The fourth-order valence-corrected chi connectivity index (χ4v) is 3.69. The molecule has 0 aliphatic carbocycles. The van der Waals surface area contributed by atoms with E-state index >= 15 is 0 Å². The van der Waals surface area contributed by atoms with Crippen LogP contribution in [0.15, 0.2) is 53.6 Å². The van der Waals surface area contributed by atoms with Gasteiger partial charge in [0, 0.05) is 25.4 Å². The molecule has 0 spiro atoms. The molecule has 1 saturated heterocycles. The Morgan fingerprint density at radius 2 is 2.30 bits per heavy atom. The average Bonchev–Trinajstić information content (AvgIpc) is 3.36. The van der Waals surface area contributed by atoms with Crippen molar-refractivity contribution in [3.63, 3.8) is 0 Å². The zero-order valence-electron chi connectivity index (χ0n) is 15.1. The molecule has 4 rings (SSSR count). The van der Waals surface area contributed by atoms with E-state index in [0.717, 1.165) is 18.4 Å². The largest absolute Gasteiger partial charge is 0.443 e. The quantitative estimate of drug-likeness (QED) is 0.694. The van der Waals surface area contributed by atoms with E-state index in [4.69, 9.17) is 4.42 Å². The molecule has 1 unspecified atom stereocenters. The second kappa shape index (κ2) is 6.98. The molecule has 1 amide bonds. The van der Waals surface area contributed by atoms with Crippen molar-refractivity contribution in [1.82, 2.24) is 19.4 Å². The molecule has 1 aliphatic rings. The van der Waals surface area contributed by atoms with Crippen LogP contribution < -0.4 is 0 Å². The predicted octanol–water partition coefficient (Wildman–Crippen LogP) is 3.14. The van der Waals surface area contributed by atoms with E-state index in [0.29, 0.717) is 24.6 Å². The van der Waals surface area contributed by atoms with Gasteiger partial charge in [0.05, 0.1) is 12.5 Å². The summed E-state index contributed by atoms with van der Waals surface area (Å²) < 4.78 is 21.1. The number of halogens is 1. The minimum atomic E-state index is -0.572. The molecular weight excluding hydrogens is 347 g/mol. The zero-order valence-corrected chi connectivity index (χ0v) is 15.1. The third kappa shape index (κ3) is 3.49. The molecule has 3 aromatic rings. The number of hydrogen-bond donors (Lipinski definition) is 0.